The minimum absolute atomic E-state index is 0.460. The second kappa shape index (κ2) is 4.69. The highest BCUT2D eigenvalue weighted by Gasteiger charge is 2.38. The molecule has 1 aromatic rings. The van der Waals surface area contributed by atoms with Crippen LogP contribution in [0.25, 0.3) is 0 Å². The summed E-state index contributed by atoms with van der Waals surface area (Å²) in [7, 11) is 0. The van der Waals surface area contributed by atoms with E-state index in [9.17, 15) is 0 Å². The van der Waals surface area contributed by atoms with E-state index in [-0.39, 0.29) is 0 Å². The van der Waals surface area contributed by atoms with Crippen LogP contribution in [0.2, 0.25) is 0 Å². The molecule has 1 heterocycles. The van der Waals surface area contributed by atoms with Crippen molar-refractivity contribution in [1.82, 2.24) is 10.3 Å². The summed E-state index contributed by atoms with van der Waals surface area (Å²) in [5.41, 5.74) is 4.01. The average Bonchev–Trinajstić information content (AvgIpc) is 2.61. The molecule has 0 aliphatic heterocycles. The van der Waals surface area contributed by atoms with Crippen molar-refractivity contribution < 1.29 is 0 Å². The van der Waals surface area contributed by atoms with E-state index in [1.807, 2.05) is 5.51 Å². The molecule has 0 radical (unpaired) electrons. The Morgan fingerprint density at radius 3 is 2.47 bits per heavy atom. The molecule has 1 saturated carbocycles. The molecule has 1 fully saturated rings. The summed E-state index contributed by atoms with van der Waals surface area (Å²) in [5.74, 6) is 0. The predicted octanol–water partition coefficient (Wildman–Crippen LogP) is 3.84. The zero-order chi connectivity index (χ0) is 12.5. The third-order valence-corrected chi connectivity index (χ3v) is 4.25. The molecule has 0 unspecified atom stereocenters. The monoisotopic (exact) mass is 252 g/mol. The van der Waals surface area contributed by atoms with Crippen molar-refractivity contribution in [3.8, 4) is 0 Å². The van der Waals surface area contributed by atoms with Crippen LogP contribution in [-0.4, -0.2) is 11.0 Å². The fraction of sp³-hybridized carbons (Fsp3) is 0.786. The first kappa shape index (κ1) is 13.0. The van der Waals surface area contributed by atoms with E-state index in [4.69, 9.17) is 0 Å². The van der Waals surface area contributed by atoms with Gasteiger partial charge in [-0.15, -0.1) is 11.3 Å². The van der Waals surface area contributed by atoms with Crippen LogP contribution >= 0.6 is 11.3 Å². The first-order valence-electron chi connectivity index (χ1n) is 6.47. The van der Waals surface area contributed by atoms with Crippen molar-refractivity contribution >= 4 is 11.3 Å². The molecule has 3 heteroatoms. The van der Waals surface area contributed by atoms with Crippen molar-refractivity contribution in [2.45, 2.75) is 59.5 Å². The van der Waals surface area contributed by atoms with Crippen LogP contribution in [0, 0.1) is 10.8 Å². The number of nitrogens with one attached hydrogen (secondary N) is 1. The van der Waals surface area contributed by atoms with Crippen LogP contribution in [0.1, 0.15) is 52.7 Å². The van der Waals surface area contributed by atoms with Crippen molar-refractivity contribution in [3.05, 3.63) is 16.6 Å². The summed E-state index contributed by atoms with van der Waals surface area (Å²) in [4.78, 5) is 4.33. The van der Waals surface area contributed by atoms with E-state index in [1.54, 1.807) is 11.3 Å². The fourth-order valence-corrected chi connectivity index (χ4v) is 4.12. The van der Waals surface area contributed by atoms with Crippen molar-refractivity contribution in [3.63, 3.8) is 0 Å². The lowest BCUT2D eigenvalue weighted by Crippen LogP contribution is -2.43. The Labute approximate surface area is 109 Å². The van der Waals surface area contributed by atoms with Gasteiger partial charge in [-0.25, -0.2) is 4.98 Å². The topological polar surface area (TPSA) is 24.9 Å². The number of hydrogen-bond donors (Lipinski definition) is 1. The summed E-state index contributed by atoms with van der Waals surface area (Å²) in [5, 5.41) is 5.81. The fourth-order valence-electron chi connectivity index (χ4n) is 3.56. The Kier molecular flexibility index (Phi) is 3.60. The number of nitrogens with zero attached hydrogens (tertiary/aromatic N) is 1. The number of aromatic nitrogens is 1. The minimum atomic E-state index is 0.460. The number of thiazole rings is 1. The van der Waals surface area contributed by atoms with Gasteiger partial charge in [-0.3, -0.25) is 0 Å². The highest BCUT2D eigenvalue weighted by Crippen LogP contribution is 2.45. The van der Waals surface area contributed by atoms with Crippen LogP contribution in [0.5, 0.6) is 0 Å². The van der Waals surface area contributed by atoms with Crippen LogP contribution in [0.4, 0.5) is 0 Å². The molecule has 0 bridgehead atoms. The molecule has 96 valence electrons. The van der Waals surface area contributed by atoms with Crippen molar-refractivity contribution in [2.75, 3.05) is 0 Å². The maximum absolute atomic E-state index is 4.33. The van der Waals surface area contributed by atoms with Crippen LogP contribution in [0.15, 0.2) is 10.9 Å². The van der Waals surface area contributed by atoms with Gasteiger partial charge in [0.2, 0.25) is 0 Å². The summed E-state index contributed by atoms with van der Waals surface area (Å²) < 4.78 is 0. The molecule has 2 rings (SSSR count). The normalized spacial score (nSPS) is 23.8. The van der Waals surface area contributed by atoms with Crippen molar-refractivity contribution in [2.24, 2.45) is 10.8 Å². The lowest BCUT2D eigenvalue weighted by Gasteiger charge is -2.45. The maximum Gasteiger partial charge on any atom is 0.0795 e. The second-order valence-corrected chi connectivity index (χ2v) is 7.69. The van der Waals surface area contributed by atoms with Gasteiger partial charge in [-0.05, 0) is 30.1 Å². The van der Waals surface area contributed by atoms with Crippen LogP contribution in [0.3, 0.4) is 0 Å². The van der Waals surface area contributed by atoms with E-state index in [0.29, 0.717) is 16.9 Å². The SMILES string of the molecule is CC1(C)CC(NCc2cscn2)CC(C)(C)C1. The largest absolute Gasteiger partial charge is 0.308 e. The van der Waals surface area contributed by atoms with Crippen molar-refractivity contribution in [1.29, 1.82) is 0 Å². The Bertz CT molecular complexity index is 338. The van der Waals surface area contributed by atoms with E-state index in [0.717, 1.165) is 6.54 Å². The van der Waals surface area contributed by atoms with Crippen LogP contribution in [-0.2, 0) is 6.54 Å². The predicted molar refractivity (Wildman–Crippen MR) is 74.2 cm³/mol. The molecule has 1 N–H and O–H groups in total. The maximum atomic E-state index is 4.33. The Balaban J connectivity index is 1.92. The Morgan fingerprint density at radius 1 is 1.29 bits per heavy atom. The molecule has 17 heavy (non-hydrogen) atoms. The second-order valence-electron chi connectivity index (χ2n) is 6.97. The standard InChI is InChI=1S/C14H24N2S/c1-13(2)5-11(6-14(3,4)9-13)15-7-12-8-17-10-16-12/h8,10-11,15H,5-7,9H2,1-4H3. The molecule has 0 saturated heterocycles. The lowest BCUT2D eigenvalue weighted by molar-refractivity contribution is 0.0843. The molecule has 0 atom stereocenters. The van der Waals surface area contributed by atoms with Gasteiger partial charge in [0, 0.05) is 18.0 Å². The minimum Gasteiger partial charge on any atom is -0.308 e. The molecule has 1 aliphatic rings. The average molecular weight is 252 g/mol. The van der Waals surface area contributed by atoms with E-state index in [2.05, 4.69) is 43.4 Å². The molecule has 0 aromatic carbocycles. The molecular weight excluding hydrogens is 228 g/mol. The number of hydrogen-bond acceptors (Lipinski definition) is 3. The van der Waals surface area contributed by atoms with Gasteiger partial charge in [0.1, 0.15) is 0 Å². The summed E-state index contributed by atoms with van der Waals surface area (Å²) in [6.07, 6.45) is 3.88. The zero-order valence-electron chi connectivity index (χ0n) is 11.4. The summed E-state index contributed by atoms with van der Waals surface area (Å²) in [6, 6.07) is 0.635. The van der Waals surface area contributed by atoms with E-state index in [1.165, 1.54) is 25.0 Å². The third kappa shape index (κ3) is 3.78. The molecule has 1 aliphatic carbocycles. The van der Waals surface area contributed by atoms with E-state index < -0.39 is 0 Å². The first-order chi connectivity index (χ1) is 7.86. The smallest absolute Gasteiger partial charge is 0.0795 e. The first-order valence-corrected chi connectivity index (χ1v) is 7.41. The van der Waals surface area contributed by atoms with E-state index >= 15 is 0 Å². The highest BCUT2D eigenvalue weighted by molar-refractivity contribution is 7.07. The van der Waals surface area contributed by atoms with Gasteiger partial charge in [-0.2, -0.15) is 0 Å². The molecule has 1 aromatic heterocycles. The van der Waals surface area contributed by atoms with Gasteiger partial charge in [0.15, 0.2) is 0 Å². The van der Waals surface area contributed by atoms with Gasteiger partial charge in [0.05, 0.1) is 11.2 Å². The van der Waals surface area contributed by atoms with Crippen LogP contribution < -0.4 is 5.32 Å². The summed E-state index contributed by atoms with van der Waals surface area (Å²) >= 11 is 1.67. The van der Waals surface area contributed by atoms with Gasteiger partial charge >= 0.3 is 0 Å². The van der Waals surface area contributed by atoms with Gasteiger partial charge in [-0.1, -0.05) is 27.7 Å². The Morgan fingerprint density at radius 2 is 1.94 bits per heavy atom. The summed E-state index contributed by atoms with van der Waals surface area (Å²) in [6.45, 7) is 10.5. The quantitative estimate of drug-likeness (QED) is 0.884. The highest BCUT2D eigenvalue weighted by atomic mass is 32.1. The van der Waals surface area contributed by atoms with Gasteiger partial charge < -0.3 is 5.32 Å². The molecular formula is C14H24N2S. The van der Waals surface area contributed by atoms with Gasteiger partial charge in [0.25, 0.3) is 0 Å². The number of rotatable bonds is 3. The molecule has 2 nitrogen and oxygen atoms in total. The molecule has 0 amide bonds. The lowest BCUT2D eigenvalue weighted by atomic mass is 9.63. The zero-order valence-corrected chi connectivity index (χ0v) is 12.2. The third-order valence-electron chi connectivity index (χ3n) is 3.61. The molecule has 0 spiro atoms. The Hall–Kier alpha value is -0.410.